The molecule has 1 rings (SSSR count). The van der Waals surface area contributed by atoms with Gasteiger partial charge in [0.05, 0.1) is 6.61 Å². The van der Waals surface area contributed by atoms with Crippen LogP contribution in [-0.4, -0.2) is 38.7 Å². The van der Waals surface area contributed by atoms with Crippen molar-refractivity contribution in [3.05, 3.63) is 35.4 Å². The smallest absolute Gasteiger partial charge is 0.0713 e. The molecule has 0 aliphatic rings. The maximum atomic E-state index is 5.17. The van der Waals surface area contributed by atoms with Crippen LogP contribution in [0.4, 0.5) is 0 Å². The summed E-state index contributed by atoms with van der Waals surface area (Å²) in [5, 5.41) is 3.58. The Labute approximate surface area is 124 Å². The third-order valence-corrected chi connectivity index (χ3v) is 3.49. The summed E-state index contributed by atoms with van der Waals surface area (Å²) in [7, 11) is 6.06. The molecule has 3 nitrogen and oxygen atoms in total. The summed E-state index contributed by atoms with van der Waals surface area (Å²) < 4.78 is 5.17. The molecule has 20 heavy (non-hydrogen) atoms. The number of rotatable bonds is 9. The molecule has 3 heteroatoms. The van der Waals surface area contributed by atoms with Gasteiger partial charge in [-0.2, -0.15) is 0 Å². The minimum Gasteiger partial charge on any atom is -0.380 e. The molecule has 0 aromatic heterocycles. The molecule has 0 bridgehead atoms. The largest absolute Gasteiger partial charge is 0.380 e. The molecule has 0 fully saturated rings. The van der Waals surface area contributed by atoms with Crippen LogP contribution in [0.5, 0.6) is 0 Å². The Morgan fingerprint density at radius 3 is 2.50 bits per heavy atom. The first kappa shape index (κ1) is 17.2. The molecule has 0 radical (unpaired) electrons. The van der Waals surface area contributed by atoms with Gasteiger partial charge in [-0.15, -0.1) is 0 Å². The van der Waals surface area contributed by atoms with Crippen LogP contribution in [0.25, 0.3) is 0 Å². The Morgan fingerprint density at radius 2 is 1.90 bits per heavy atom. The van der Waals surface area contributed by atoms with Crippen molar-refractivity contribution in [2.45, 2.75) is 39.5 Å². The summed E-state index contributed by atoms with van der Waals surface area (Å²) in [6, 6.07) is 9.18. The number of methoxy groups -OCH3 is 1. The molecule has 0 spiro atoms. The number of benzene rings is 1. The minimum atomic E-state index is 0.595. The Bertz CT molecular complexity index is 377. The molecule has 114 valence electrons. The first-order valence-corrected chi connectivity index (χ1v) is 7.46. The van der Waals surface area contributed by atoms with E-state index in [4.69, 9.17) is 4.74 Å². The molecule has 0 heterocycles. The fraction of sp³-hybridized carbons (Fsp3) is 0.647. The van der Waals surface area contributed by atoms with Gasteiger partial charge in [-0.25, -0.2) is 0 Å². The van der Waals surface area contributed by atoms with E-state index in [0.717, 1.165) is 19.0 Å². The van der Waals surface area contributed by atoms with Crippen molar-refractivity contribution in [2.24, 2.45) is 5.92 Å². The summed E-state index contributed by atoms with van der Waals surface area (Å²) in [6.45, 7) is 7.19. The number of hydrogen-bond acceptors (Lipinski definition) is 3. The molecule has 0 saturated heterocycles. The third kappa shape index (κ3) is 6.51. The lowest BCUT2D eigenvalue weighted by Crippen LogP contribution is -2.38. The van der Waals surface area contributed by atoms with Crippen LogP contribution in [0.1, 0.15) is 31.4 Å². The van der Waals surface area contributed by atoms with Gasteiger partial charge < -0.3 is 15.0 Å². The first-order valence-electron chi connectivity index (χ1n) is 7.46. The van der Waals surface area contributed by atoms with E-state index in [-0.39, 0.29) is 0 Å². The van der Waals surface area contributed by atoms with Crippen LogP contribution in [0.2, 0.25) is 0 Å². The monoisotopic (exact) mass is 278 g/mol. The molecule has 1 aromatic rings. The van der Waals surface area contributed by atoms with Crippen LogP contribution in [0.3, 0.4) is 0 Å². The van der Waals surface area contributed by atoms with Crippen molar-refractivity contribution in [3.63, 3.8) is 0 Å². The van der Waals surface area contributed by atoms with E-state index in [9.17, 15) is 0 Å². The Hall–Kier alpha value is -0.900. The van der Waals surface area contributed by atoms with E-state index in [1.54, 1.807) is 7.11 Å². The van der Waals surface area contributed by atoms with Crippen molar-refractivity contribution in [1.82, 2.24) is 10.2 Å². The Morgan fingerprint density at radius 1 is 1.20 bits per heavy atom. The average Bonchev–Trinajstić information content (AvgIpc) is 2.38. The summed E-state index contributed by atoms with van der Waals surface area (Å²) >= 11 is 0. The van der Waals surface area contributed by atoms with E-state index in [2.05, 4.69) is 62.4 Å². The van der Waals surface area contributed by atoms with Gasteiger partial charge in [0.2, 0.25) is 0 Å². The van der Waals surface area contributed by atoms with Crippen LogP contribution >= 0.6 is 0 Å². The fourth-order valence-corrected chi connectivity index (χ4v) is 2.40. The number of likely N-dealkylation sites (N-methyl/N-ethyl adjacent to an activating group) is 1. The zero-order valence-electron chi connectivity index (χ0n) is 13.6. The van der Waals surface area contributed by atoms with Crippen LogP contribution in [0.15, 0.2) is 24.3 Å². The van der Waals surface area contributed by atoms with E-state index < -0.39 is 0 Å². The number of ether oxygens (including phenoxy) is 1. The van der Waals surface area contributed by atoms with E-state index in [0.29, 0.717) is 12.6 Å². The predicted molar refractivity (Wildman–Crippen MR) is 85.8 cm³/mol. The molecule has 0 amide bonds. The van der Waals surface area contributed by atoms with Gasteiger partial charge in [0, 0.05) is 26.2 Å². The standard InChI is InChI=1S/C17H30N2O/c1-14(2)9-17(19(3)4)12-18-11-15-7-6-8-16(10-15)13-20-5/h6-8,10,14,17-18H,9,11-13H2,1-5H3. The van der Waals surface area contributed by atoms with E-state index in [1.165, 1.54) is 17.5 Å². The second-order valence-electron chi connectivity index (χ2n) is 6.13. The SMILES string of the molecule is COCc1cccc(CNCC(CC(C)C)N(C)C)c1. The highest BCUT2D eigenvalue weighted by Crippen LogP contribution is 2.09. The van der Waals surface area contributed by atoms with Crippen molar-refractivity contribution in [3.8, 4) is 0 Å². The highest BCUT2D eigenvalue weighted by Gasteiger charge is 2.12. The highest BCUT2D eigenvalue weighted by atomic mass is 16.5. The van der Waals surface area contributed by atoms with E-state index >= 15 is 0 Å². The lowest BCUT2D eigenvalue weighted by Gasteiger charge is -2.26. The van der Waals surface area contributed by atoms with Gasteiger partial charge in [-0.1, -0.05) is 38.1 Å². The van der Waals surface area contributed by atoms with Gasteiger partial charge in [0.25, 0.3) is 0 Å². The van der Waals surface area contributed by atoms with Gasteiger partial charge in [-0.05, 0) is 37.6 Å². The number of nitrogens with one attached hydrogen (secondary N) is 1. The first-order chi connectivity index (χ1) is 9.52. The van der Waals surface area contributed by atoms with E-state index in [1.807, 2.05) is 0 Å². The van der Waals surface area contributed by atoms with Crippen LogP contribution in [-0.2, 0) is 17.9 Å². The van der Waals surface area contributed by atoms with Crippen molar-refractivity contribution in [2.75, 3.05) is 27.7 Å². The second-order valence-corrected chi connectivity index (χ2v) is 6.13. The van der Waals surface area contributed by atoms with Crippen LogP contribution < -0.4 is 5.32 Å². The van der Waals surface area contributed by atoms with Crippen LogP contribution in [0, 0.1) is 5.92 Å². The maximum absolute atomic E-state index is 5.17. The highest BCUT2D eigenvalue weighted by molar-refractivity contribution is 5.22. The molecular weight excluding hydrogens is 248 g/mol. The summed E-state index contributed by atoms with van der Waals surface area (Å²) in [6.07, 6.45) is 1.23. The fourth-order valence-electron chi connectivity index (χ4n) is 2.40. The van der Waals surface area contributed by atoms with Gasteiger partial charge in [-0.3, -0.25) is 0 Å². The molecule has 1 aromatic carbocycles. The van der Waals surface area contributed by atoms with Crippen molar-refractivity contribution in [1.29, 1.82) is 0 Å². The molecule has 1 unspecified atom stereocenters. The summed E-state index contributed by atoms with van der Waals surface area (Å²) in [4.78, 5) is 2.31. The Kier molecular flexibility index (Phi) is 7.82. The van der Waals surface area contributed by atoms with Gasteiger partial charge >= 0.3 is 0 Å². The van der Waals surface area contributed by atoms with Gasteiger partial charge in [0.15, 0.2) is 0 Å². The normalized spacial score (nSPS) is 13.2. The average molecular weight is 278 g/mol. The van der Waals surface area contributed by atoms with Crippen molar-refractivity contribution < 1.29 is 4.74 Å². The molecule has 1 atom stereocenters. The lowest BCUT2D eigenvalue weighted by atomic mass is 10.0. The summed E-state index contributed by atoms with van der Waals surface area (Å²) in [5.41, 5.74) is 2.56. The third-order valence-electron chi connectivity index (χ3n) is 3.49. The summed E-state index contributed by atoms with van der Waals surface area (Å²) in [5.74, 6) is 0.731. The molecule has 1 N–H and O–H groups in total. The molecular formula is C17H30N2O. The predicted octanol–water partition coefficient (Wildman–Crippen LogP) is 2.90. The second kappa shape index (κ2) is 9.11. The lowest BCUT2D eigenvalue weighted by molar-refractivity contribution is 0.185. The number of nitrogens with zero attached hydrogens (tertiary/aromatic N) is 1. The van der Waals surface area contributed by atoms with Crippen molar-refractivity contribution >= 4 is 0 Å². The minimum absolute atomic E-state index is 0.595. The molecule has 0 aliphatic heterocycles. The molecule has 0 saturated carbocycles. The zero-order valence-corrected chi connectivity index (χ0v) is 13.6. The Balaban J connectivity index is 2.43. The topological polar surface area (TPSA) is 24.5 Å². The molecule has 0 aliphatic carbocycles. The quantitative estimate of drug-likeness (QED) is 0.751. The van der Waals surface area contributed by atoms with Gasteiger partial charge in [0.1, 0.15) is 0 Å². The maximum Gasteiger partial charge on any atom is 0.0713 e. The number of hydrogen-bond donors (Lipinski definition) is 1. The zero-order chi connectivity index (χ0) is 15.0.